The fraction of sp³-hybridized carbons (Fsp3) is 0.444. The molecule has 1 aliphatic rings. The number of hydrogen-bond donors (Lipinski definition) is 5. The third-order valence-corrected chi connectivity index (χ3v) is 9.15. The van der Waals surface area contributed by atoms with E-state index in [0.29, 0.717) is 72.0 Å². The Hall–Kier alpha value is -5.09. The normalized spacial score (nSPS) is 13.3. The van der Waals surface area contributed by atoms with Gasteiger partial charge in [-0.25, -0.2) is 19.3 Å². The Bertz CT molecular complexity index is 2050. The molecular formula is C36H45N6O11P. The van der Waals surface area contributed by atoms with Crippen LogP contribution in [0.1, 0.15) is 81.7 Å². The molecule has 6 N–H and O–H groups in total. The number of aromatic hydroxyl groups is 1. The summed E-state index contributed by atoms with van der Waals surface area (Å²) < 4.78 is 24.4. The summed E-state index contributed by atoms with van der Waals surface area (Å²) in [4.78, 5) is 80.3. The van der Waals surface area contributed by atoms with Crippen LogP contribution in [0.2, 0.25) is 0 Å². The zero-order chi connectivity index (χ0) is 38.8. The number of hydroxylamine groups is 2. The van der Waals surface area contributed by atoms with Crippen LogP contribution in [0.4, 0.5) is 5.82 Å². The summed E-state index contributed by atoms with van der Waals surface area (Å²) in [6.45, 7) is 3.49. The molecule has 0 unspecified atom stereocenters. The number of aryl methyl sites for hydroxylation is 2. The first-order chi connectivity index (χ1) is 25.8. The lowest BCUT2D eigenvalue weighted by molar-refractivity contribution is -0.197. The highest BCUT2D eigenvalue weighted by Crippen LogP contribution is 2.41. The molecule has 1 saturated heterocycles. The average Bonchev–Trinajstić information content (AvgIpc) is 3.64. The Kier molecular flexibility index (Phi) is 13.6. The van der Waals surface area contributed by atoms with Gasteiger partial charge < -0.3 is 34.8 Å². The number of nitrogens with one attached hydrogen (secondary N) is 1. The fourth-order valence-electron chi connectivity index (χ4n) is 6.10. The lowest BCUT2D eigenvalue weighted by atomic mass is 10.1. The molecule has 290 valence electrons. The maximum absolute atomic E-state index is 12.1. The number of phosphoric acid groups is 1. The Labute approximate surface area is 311 Å². The number of benzene rings is 2. The van der Waals surface area contributed by atoms with Crippen molar-refractivity contribution in [2.24, 2.45) is 0 Å². The molecular weight excluding hydrogens is 723 g/mol. The third-order valence-electron chi connectivity index (χ3n) is 8.72. The number of nitrogens with two attached hydrogens (primary N) is 1. The van der Waals surface area contributed by atoms with Gasteiger partial charge in [0.25, 0.3) is 11.8 Å². The first-order valence-electron chi connectivity index (χ1n) is 17.9. The van der Waals surface area contributed by atoms with Gasteiger partial charge in [-0.1, -0.05) is 19.4 Å². The molecule has 18 heteroatoms. The Balaban J connectivity index is 1.15. The molecule has 4 aromatic rings. The van der Waals surface area contributed by atoms with Gasteiger partial charge in [-0.05, 0) is 68.0 Å². The molecule has 2 aromatic carbocycles. The molecule has 2 aromatic heterocycles. The van der Waals surface area contributed by atoms with Crippen molar-refractivity contribution < 1.29 is 52.7 Å². The molecule has 0 saturated carbocycles. The number of carbonyl (C=O) groups is 4. The molecule has 17 nitrogen and oxygen atoms in total. The minimum absolute atomic E-state index is 0.0193. The van der Waals surface area contributed by atoms with E-state index in [1.165, 1.54) is 18.2 Å². The minimum atomic E-state index is -4.88. The predicted octanol–water partition coefficient (Wildman–Crippen LogP) is 3.97. The van der Waals surface area contributed by atoms with Gasteiger partial charge in [-0.3, -0.25) is 24.2 Å². The van der Waals surface area contributed by atoms with Gasteiger partial charge in [-0.2, -0.15) is 0 Å². The number of phenols is 1. The molecule has 0 aliphatic carbocycles. The van der Waals surface area contributed by atoms with Crippen LogP contribution in [0, 0.1) is 0 Å². The average molecular weight is 769 g/mol. The number of amides is 3. The van der Waals surface area contributed by atoms with Crippen molar-refractivity contribution in [3.63, 3.8) is 0 Å². The highest BCUT2D eigenvalue weighted by molar-refractivity contribution is 7.46. The highest BCUT2D eigenvalue weighted by Gasteiger charge is 2.32. The zero-order valence-electron chi connectivity index (χ0n) is 30.0. The van der Waals surface area contributed by atoms with Crippen molar-refractivity contribution in [2.45, 2.75) is 84.1 Å². The van der Waals surface area contributed by atoms with E-state index in [-0.39, 0.29) is 61.9 Å². The van der Waals surface area contributed by atoms with Gasteiger partial charge in [0, 0.05) is 62.8 Å². The van der Waals surface area contributed by atoms with E-state index in [1.54, 1.807) is 0 Å². The zero-order valence-corrected chi connectivity index (χ0v) is 30.9. The largest absolute Gasteiger partial charge is 0.524 e. The second-order valence-corrected chi connectivity index (χ2v) is 14.1. The number of carbonyl (C=O) groups excluding carboxylic acids is 4. The predicted molar refractivity (Wildman–Crippen MR) is 196 cm³/mol. The second kappa shape index (κ2) is 18.3. The smallest absolute Gasteiger partial charge is 0.508 e. The molecule has 1 aliphatic heterocycles. The molecule has 54 heavy (non-hydrogen) atoms. The quantitative estimate of drug-likeness (QED) is 0.0485. The van der Waals surface area contributed by atoms with Gasteiger partial charge in [0.1, 0.15) is 22.8 Å². The van der Waals surface area contributed by atoms with Gasteiger partial charge in [-0.15, -0.1) is 5.06 Å². The van der Waals surface area contributed by atoms with E-state index in [2.05, 4.69) is 17.2 Å². The number of fused-ring (bicyclic) bond motifs is 3. The van der Waals surface area contributed by atoms with Crippen molar-refractivity contribution in [2.75, 3.05) is 25.5 Å². The van der Waals surface area contributed by atoms with E-state index >= 15 is 0 Å². The fourth-order valence-corrected chi connectivity index (χ4v) is 6.54. The van der Waals surface area contributed by atoms with Gasteiger partial charge >= 0.3 is 13.8 Å². The monoisotopic (exact) mass is 768 g/mol. The summed E-state index contributed by atoms with van der Waals surface area (Å²) in [6.07, 6.45) is 4.64. The molecule has 5 rings (SSSR count). The summed E-state index contributed by atoms with van der Waals surface area (Å²) in [5, 5.41) is 14.3. The number of rotatable bonds is 20. The van der Waals surface area contributed by atoms with Crippen LogP contribution in [0.15, 0.2) is 36.4 Å². The number of aromatic nitrogens is 3. The number of anilines is 1. The number of hydrogen-bond acceptors (Lipinski definition) is 12. The van der Waals surface area contributed by atoms with E-state index in [1.807, 2.05) is 22.8 Å². The third kappa shape index (κ3) is 10.7. The molecule has 0 bridgehead atoms. The summed E-state index contributed by atoms with van der Waals surface area (Å²) in [5.41, 5.74) is 9.65. The lowest BCUT2D eigenvalue weighted by Gasteiger charge is -2.16. The minimum Gasteiger partial charge on any atom is -0.508 e. The Morgan fingerprint density at radius 1 is 0.963 bits per heavy atom. The second-order valence-electron chi connectivity index (χ2n) is 13.0. The van der Waals surface area contributed by atoms with Crippen LogP contribution in [0.3, 0.4) is 0 Å². The van der Waals surface area contributed by atoms with E-state index in [0.717, 1.165) is 30.2 Å². The molecule has 0 spiro atoms. The number of phosphoric ester groups is 1. The van der Waals surface area contributed by atoms with E-state index in [4.69, 9.17) is 24.8 Å². The first-order valence-corrected chi connectivity index (χ1v) is 19.4. The maximum atomic E-state index is 12.1. The first kappa shape index (κ1) is 40.1. The summed E-state index contributed by atoms with van der Waals surface area (Å²) in [5.74, 6) is -1.25. The summed E-state index contributed by atoms with van der Waals surface area (Å²) in [7, 11) is -4.88. The van der Waals surface area contributed by atoms with Crippen LogP contribution < -0.4 is 15.6 Å². The number of nitrogen functional groups attached to an aromatic ring is 1. The van der Waals surface area contributed by atoms with E-state index < -0.39 is 25.6 Å². The van der Waals surface area contributed by atoms with Crippen molar-refractivity contribution in [3.8, 4) is 11.5 Å². The van der Waals surface area contributed by atoms with Crippen LogP contribution in [0.5, 0.6) is 11.5 Å². The number of imidazole rings is 1. The van der Waals surface area contributed by atoms with Crippen LogP contribution in [-0.2, 0) is 52.7 Å². The molecule has 0 atom stereocenters. The van der Waals surface area contributed by atoms with E-state index in [9.17, 15) is 38.6 Å². The van der Waals surface area contributed by atoms with Gasteiger partial charge in [0.05, 0.1) is 17.6 Å². The number of ether oxygens (including phenoxy) is 1. The van der Waals surface area contributed by atoms with Crippen molar-refractivity contribution >= 4 is 59.3 Å². The number of imide groups is 1. The lowest BCUT2D eigenvalue weighted by Crippen LogP contribution is -2.32. The molecule has 1 fully saturated rings. The van der Waals surface area contributed by atoms with Crippen LogP contribution in [-0.4, -0.2) is 77.9 Å². The van der Waals surface area contributed by atoms with Crippen LogP contribution >= 0.6 is 7.82 Å². The molecule has 0 radical (unpaired) electrons. The van der Waals surface area contributed by atoms with Gasteiger partial charge in [0.15, 0.2) is 5.82 Å². The maximum Gasteiger partial charge on any atom is 0.524 e. The van der Waals surface area contributed by atoms with Crippen molar-refractivity contribution in [1.82, 2.24) is 24.9 Å². The topological polar surface area (TPSA) is 246 Å². The molecule has 3 heterocycles. The number of unbranched alkanes of at least 4 members (excludes halogenated alkanes) is 1. The van der Waals surface area contributed by atoms with Crippen molar-refractivity contribution in [3.05, 3.63) is 53.3 Å². The highest BCUT2D eigenvalue weighted by atomic mass is 31.2. The standard InChI is InChI=1S/C36H45N6O11P/c1-2-3-8-29-40-34-35(41(29)22-24-21-25(43)12-14-28(24)53-54(48,49)50)26-20-23(11-13-27(26)39-36(34)37)7-5-18-51-19-6-17-38-30(44)9-4-10-33(47)52-42-31(45)15-16-32(42)46/h11-14,20-21,43H,2-10,15-19,22H2,1H3,(H2,37,39)(H,38,44)(H2,48,49,50). The van der Waals surface area contributed by atoms with Crippen LogP contribution in [0.25, 0.3) is 21.9 Å². The number of nitrogens with zero attached hydrogens (tertiary/aromatic N) is 4. The molecule has 3 amide bonds. The Morgan fingerprint density at radius 2 is 1.72 bits per heavy atom. The van der Waals surface area contributed by atoms with Crippen molar-refractivity contribution in [1.29, 1.82) is 0 Å². The summed E-state index contributed by atoms with van der Waals surface area (Å²) in [6, 6.07) is 9.91. The summed E-state index contributed by atoms with van der Waals surface area (Å²) >= 11 is 0. The number of pyridine rings is 1. The van der Waals surface area contributed by atoms with Gasteiger partial charge in [0.2, 0.25) is 5.91 Å². The Morgan fingerprint density at radius 3 is 2.46 bits per heavy atom. The number of phenolic OH excluding ortho intramolecular Hbond substituents is 1. The SMILES string of the molecule is CCCCc1nc2c(N)nc3ccc(CCCOCCCNC(=O)CCCC(=O)ON4C(=O)CCC4=O)cc3c2n1Cc1cc(O)ccc1OP(=O)(O)O.